The maximum Gasteiger partial charge on any atom is 0.311 e. The number of carboxylic acids is 1. The first-order valence-electron chi connectivity index (χ1n) is 5.53. The summed E-state index contributed by atoms with van der Waals surface area (Å²) in [5, 5.41) is 13.6. The van der Waals surface area contributed by atoms with Gasteiger partial charge in [0.2, 0.25) is 0 Å². The maximum absolute atomic E-state index is 11.4. The molecule has 2 rings (SSSR count). The highest BCUT2D eigenvalue weighted by molar-refractivity contribution is 9.10. The number of hydrogen-bond acceptors (Lipinski definition) is 2. The van der Waals surface area contributed by atoms with Crippen LogP contribution in [0.25, 0.3) is 0 Å². The summed E-state index contributed by atoms with van der Waals surface area (Å²) < 4.78 is 2.49. The average Bonchev–Trinajstić information content (AvgIpc) is 2.73. The van der Waals surface area contributed by atoms with Crippen LogP contribution in [0.2, 0.25) is 0 Å². The lowest BCUT2D eigenvalue weighted by Gasteiger charge is -2.13. The lowest BCUT2D eigenvalue weighted by molar-refractivity contribution is -0.138. The van der Waals surface area contributed by atoms with Gasteiger partial charge in [-0.2, -0.15) is 5.10 Å². The summed E-state index contributed by atoms with van der Waals surface area (Å²) in [5.74, 6) is -1.43. The first kappa shape index (κ1) is 12.8. The van der Waals surface area contributed by atoms with Gasteiger partial charge in [-0.1, -0.05) is 34.1 Å². The molecule has 0 spiro atoms. The summed E-state index contributed by atoms with van der Waals surface area (Å²) >= 11 is 3.39. The number of benzene rings is 1. The van der Waals surface area contributed by atoms with Crippen molar-refractivity contribution in [3.05, 3.63) is 52.3 Å². The Labute approximate surface area is 113 Å². The third-order valence-electron chi connectivity index (χ3n) is 2.76. The minimum Gasteiger partial charge on any atom is -0.481 e. The molecule has 0 aliphatic heterocycles. The molecule has 1 atom stereocenters. The van der Waals surface area contributed by atoms with Crippen molar-refractivity contribution >= 4 is 21.9 Å². The van der Waals surface area contributed by atoms with Gasteiger partial charge in [0.1, 0.15) is 0 Å². The number of nitrogens with zero attached hydrogens (tertiary/aromatic N) is 2. The van der Waals surface area contributed by atoms with Gasteiger partial charge < -0.3 is 5.11 Å². The predicted molar refractivity (Wildman–Crippen MR) is 71.4 cm³/mol. The number of rotatable bonds is 4. The molecule has 18 heavy (non-hydrogen) atoms. The van der Waals surface area contributed by atoms with Crippen LogP contribution in [0.3, 0.4) is 0 Å². The Bertz CT molecular complexity index is 566. The number of halogens is 1. The number of carboxylic acid groups (broad SMARTS) is 1. The normalized spacial score (nSPS) is 12.3. The van der Waals surface area contributed by atoms with E-state index < -0.39 is 11.9 Å². The first-order chi connectivity index (χ1) is 8.58. The van der Waals surface area contributed by atoms with Crippen molar-refractivity contribution in [3.8, 4) is 0 Å². The Morgan fingerprint density at radius 2 is 2.17 bits per heavy atom. The molecule has 2 aromatic rings. The van der Waals surface area contributed by atoms with Gasteiger partial charge in [0, 0.05) is 24.1 Å². The predicted octanol–water partition coefficient (Wildman–Crippen LogP) is 2.59. The van der Waals surface area contributed by atoms with Crippen LogP contribution in [0.1, 0.15) is 17.2 Å². The zero-order chi connectivity index (χ0) is 13.1. The molecular formula is C13H13BrN2O2. The maximum atomic E-state index is 11.4. The van der Waals surface area contributed by atoms with Gasteiger partial charge in [-0.3, -0.25) is 9.48 Å². The van der Waals surface area contributed by atoms with Crippen molar-refractivity contribution in [2.24, 2.45) is 7.05 Å². The lowest BCUT2D eigenvalue weighted by atomic mass is 9.94. The molecule has 1 aromatic heterocycles. The van der Waals surface area contributed by atoms with Crippen LogP contribution in [0.5, 0.6) is 0 Å². The zero-order valence-electron chi connectivity index (χ0n) is 9.88. The van der Waals surface area contributed by atoms with Crippen LogP contribution in [0, 0.1) is 0 Å². The molecule has 0 aliphatic rings. The van der Waals surface area contributed by atoms with Gasteiger partial charge in [-0.05, 0) is 17.7 Å². The Hall–Kier alpha value is -1.62. The van der Waals surface area contributed by atoms with Gasteiger partial charge in [0.15, 0.2) is 0 Å². The van der Waals surface area contributed by atoms with E-state index in [9.17, 15) is 9.90 Å². The highest BCUT2D eigenvalue weighted by Crippen LogP contribution is 2.27. The summed E-state index contributed by atoms with van der Waals surface area (Å²) in [6.07, 6.45) is 2.20. The third-order valence-corrected chi connectivity index (χ3v) is 3.48. The molecule has 5 heteroatoms. The van der Waals surface area contributed by atoms with Gasteiger partial charge in [0.05, 0.1) is 11.6 Å². The second kappa shape index (κ2) is 5.35. The van der Waals surface area contributed by atoms with Crippen molar-refractivity contribution in [2.45, 2.75) is 12.3 Å². The van der Waals surface area contributed by atoms with Crippen LogP contribution < -0.4 is 0 Å². The summed E-state index contributed by atoms with van der Waals surface area (Å²) in [6, 6.07) is 9.23. The highest BCUT2D eigenvalue weighted by atomic mass is 79.9. The van der Waals surface area contributed by atoms with Crippen LogP contribution in [-0.4, -0.2) is 20.9 Å². The molecule has 0 amide bonds. The number of aryl methyl sites for hydroxylation is 1. The Kier molecular flexibility index (Phi) is 3.81. The number of aromatic nitrogens is 2. The molecule has 0 fully saturated rings. The van der Waals surface area contributed by atoms with Gasteiger partial charge in [-0.25, -0.2) is 0 Å². The van der Waals surface area contributed by atoms with E-state index in [4.69, 9.17) is 0 Å². The minimum atomic E-state index is -0.840. The SMILES string of the molecule is Cn1ccc(CC(C(=O)O)c2ccccc2Br)n1. The largest absolute Gasteiger partial charge is 0.481 e. The highest BCUT2D eigenvalue weighted by Gasteiger charge is 2.23. The molecule has 94 valence electrons. The lowest BCUT2D eigenvalue weighted by Crippen LogP contribution is -2.15. The summed E-state index contributed by atoms with van der Waals surface area (Å²) in [6.45, 7) is 0. The molecule has 0 radical (unpaired) electrons. The molecule has 0 saturated carbocycles. The van der Waals surface area contributed by atoms with Crippen molar-refractivity contribution in [1.29, 1.82) is 0 Å². The van der Waals surface area contributed by atoms with Gasteiger partial charge >= 0.3 is 5.97 Å². The van der Waals surface area contributed by atoms with Crippen molar-refractivity contribution in [2.75, 3.05) is 0 Å². The molecule has 1 N–H and O–H groups in total. The van der Waals surface area contributed by atoms with E-state index in [-0.39, 0.29) is 0 Å². The Morgan fingerprint density at radius 1 is 1.44 bits per heavy atom. The Balaban J connectivity index is 2.30. The molecule has 1 aromatic carbocycles. The summed E-state index contributed by atoms with van der Waals surface area (Å²) in [4.78, 5) is 11.4. The fourth-order valence-corrected chi connectivity index (χ4v) is 2.43. The third kappa shape index (κ3) is 2.79. The molecule has 1 heterocycles. The fourth-order valence-electron chi connectivity index (χ4n) is 1.87. The van der Waals surface area contributed by atoms with Gasteiger partial charge in [0.25, 0.3) is 0 Å². The topological polar surface area (TPSA) is 55.1 Å². The molecule has 0 saturated heterocycles. The first-order valence-corrected chi connectivity index (χ1v) is 6.33. The van der Waals surface area contributed by atoms with Crippen LogP contribution in [0.4, 0.5) is 0 Å². The number of carbonyl (C=O) groups is 1. The Morgan fingerprint density at radius 3 is 2.72 bits per heavy atom. The van der Waals surface area contributed by atoms with Crippen molar-refractivity contribution in [3.63, 3.8) is 0 Å². The van der Waals surface area contributed by atoms with Crippen molar-refractivity contribution < 1.29 is 9.90 Å². The second-order valence-corrected chi connectivity index (χ2v) is 4.95. The van der Waals surface area contributed by atoms with E-state index in [1.807, 2.05) is 43.6 Å². The van der Waals surface area contributed by atoms with Crippen LogP contribution in [-0.2, 0) is 18.3 Å². The van der Waals surface area contributed by atoms with E-state index in [1.54, 1.807) is 4.68 Å². The van der Waals surface area contributed by atoms with Crippen LogP contribution in [0.15, 0.2) is 41.0 Å². The molecular weight excluding hydrogens is 296 g/mol. The van der Waals surface area contributed by atoms with E-state index >= 15 is 0 Å². The smallest absolute Gasteiger partial charge is 0.311 e. The summed E-state index contributed by atoms with van der Waals surface area (Å²) in [5.41, 5.74) is 1.55. The molecule has 4 nitrogen and oxygen atoms in total. The zero-order valence-corrected chi connectivity index (χ0v) is 11.5. The van der Waals surface area contributed by atoms with E-state index in [0.717, 1.165) is 15.7 Å². The molecule has 0 bridgehead atoms. The monoisotopic (exact) mass is 308 g/mol. The number of hydrogen-bond donors (Lipinski definition) is 1. The molecule has 0 aliphatic carbocycles. The van der Waals surface area contributed by atoms with E-state index in [0.29, 0.717) is 6.42 Å². The standard InChI is InChI=1S/C13H13BrN2O2/c1-16-7-6-9(15-16)8-11(13(17)18)10-4-2-3-5-12(10)14/h2-7,11H,8H2,1H3,(H,17,18). The van der Waals surface area contributed by atoms with Crippen molar-refractivity contribution in [1.82, 2.24) is 9.78 Å². The minimum absolute atomic E-state index is 0.388. The van der Waals surface area contributed by atoms with E-state index in [1.165, 1.54) is 0 Å². The van der Waals surface area contributed by atoms with Gasteiger partial charge in [-0.15, -0.1) is 0 Å². The fraction of sp³-hybridized carbons (Fsp3) is 0.231. The van der Waals surface area contributed by atoms with E-state index in [2.05, 4.69) is 21.0 Å². The average molecular weight is 309 g/mol. The van der Waals surface area contributed by atoms with Crippen LogP contribution >= 0.6 is 15.9 Å². The molecule has 1 unspecified atom stereocenters. The second-order valence-electron chi connectivity index (χ2n) is 4.10. The summed E-state index contributed by atoms with van der Waals surface area (Å²) in [7, 11) is 1.82. The quantitative estimate of drug-likeness (QED) is 0.944. The number of aliphatic carboxylic acids is 1.